The zero-order valence-corrected chi connectivity index (χ0v) is 22.3. The van der Waals surface area contributed by atoms with E-state index in [9.17, 15) is 4.79 Å². The van der Waals surface area contributed by atoms with Crippen LogP contribution in [0.1, 0.15) is 70.3 Å². The van der Waals surface area contributed by atoms with Crippen LogP contribution in [-0.2, 0) is 10.1 Å². The molecule has 0 saturated heterocycles. The number of hydrogen-bond acceptors (Lipinski definition) is 2. The van der Waals surface area contributed by atoms with Crippen molar-refractivity contribution < 1.29 is 9.53 Å². The van der Waals surface area contributed by atoms with Crippen LogP contribution in [0.2, 0.25) is 5.32 Å². The predicted molar refractivity (Wildman–Crippen MR) is 130 cm³/mol. The topological polar surface area (TPSA) is 26.3 Å². The molecule has 0 aliphatic heterocycles. The quantitative estimate of drug-likeness (QED) is 0.169. The number of carbonyl (C=O) groups excluding carboxylic acids is 1. The molecule has 0 saturated carbocycles. The summed E-state index contributed by atoms with van der Waals surface area (Å²) >= 11 is -0.273. The van der Waals surface area contributed by atoms with Gasteiger partial charge in [0.2, 0.25) is 0 Å². The van der Waals surface area contributed by atoms with Gasteiger partial charge in [-0.1, -0.05) is 0 Å². The Morgan fingerprint density at radius 3 is 2.23 bits per heavy atom. The summed E-state index contributed by atoms with van der Waals surface area (Å²) in [5, 5.41) is 2.47. The molecule has 0 spiro atoms. The van der Waals surface area contributed by atoms with Crippen LogP contribution < -0.4 is 3.61 Å². The zero-order chi connectivity index (χ0) is 21.3. The molecule has 2 nitrogen and oxygen atoms in total. The summed E-state index contributed by atoms with van der Waals surface area (Å²) in [5.74, 6) is 0. The molecule has 2 rings (SSSR count). The molecule has 0 N–H and O–H groups in total. The molecule has 2 aromatic rings. The van der Waals surface area contributed by atoms with Crippen molar-refractivity contribution in [3.8, 4) is 0 Å². The number of hydrogen-bond donors (Lipinski definition) is 0. The Hall–Kier alpha value is -0.781. The van der Waals surface area contributed by atoms with Crippen molar-refractivity contribution in [3.05, 3.63) is 66.2 Å². The van der Waals surface area contributed by atoms with Gasteiger partial charge < -0.3 is 0 Å². The summed E-state index contributed by atoms with van der Waals surface area (Å²) in [6.45, 7) is 2.26. The van der Waals surface area contributed by atoms with Gasteiger partial charge in [-0.15, -0.1) is 0 Å². The summed E-state index contributed by atoms with van der Waals surface area (Å²) in [4.78, 5) is 12.5. The van der Waals surface area contributed by atoms with Crippen LogP contribution in [0.4, 0.5) is 4.79 Å². The Kier molecular flexibility index (Phi) is 14.3. The monoisotopic (exact) mass is 590 g/mol. The average molecular weight is 587 g/mol. The summed E-state index contributed by atoms with van der Waals surface area (Å²) in [7, 11) is 0. The minimum absolute atomic E-state index is 0.0531. The van der Waals surface area contributed by atoms with E-state index in [4.69, 9.17) is 4.74 Å². The molecule has 0 amide bonds. The van der Waals surface area contributed by atoms with Gasteiger partial charge in [0.15, 0.2) is 0 Å². The molecule has 0 bridgehead atoms. The van der Waals surface area contributed by atoms with Crippen molar-refractivity contribution >= 4 is 43.5 Å². The molecule has 0 heterocycles. The first-order valence-corrected chi connectivity index (χ1v) is 16.1. The van der Waals surface area contributed by atoms with E-state index in [-0.39, 0.29) is 10.1 Å². The predicted octanol–water partition coefficient (Wildman–Crippen LogP) is 6.37. The molecule has 0 fully saturated rings. The number of rotatable bonds is 16. The van der Waals surface area contributed by atoms with Crippen molar-refractivity contribution in [2.24, 2.45) is 0 Å². The van der Waals surface area contributed by atoms with Crippen molar-refractivity contribution in [2.75, 3.05) is 0 Å². The van der Waals surface area contributed by atoms with Gasteiger partial charge >= 0.3 is 201 Å². The Bertz CT molecular complexity index is 678. The van der Waals surface area contributed by atoms with Crippen LogP contribution in [0.5, 0.6) is 0 Å². The Morgan fingerprint density at radius 2 is 1.50 bits per heavy atom. The SMILES string of the molecule is CCCCCCCCC(CCC[Se]Cc1ccccc1)OC(=O)[Te]c1ccccc1. The van der Waals surface area contributed by atoms with E-state index < -0.39 is 20.9 Å². The molecular formula is C26H36O2SeTe. The summed E-state index contributed by atoms with van der Waals surface area (Å²) < 4.78 is 7.19. The number of benzene rings is 2. The van der Waals surface area contributed by atoms with E-state index in [2.05, 4.69) is 49.4 Å². The van der Waals surface area contributed by atoms with Crippen LogP contribution in [0, 0.1) is 0 Å². The molecule has 1 atom stereocenters. The Labute approximate surface area is 199 Å². The van der Waals surface area contributed by atoms with E-state index in [0.717, 1.165) is 16.5 Å². The third-order valence-electron chi connectivity index (χ3n) is 5.01. The van der Waals surface area contributed by atoms with Gasteiger partial charge in [-0.25, -0.2) is 0 Å². The fraction of sp³-hybridized carbons (Fsp3) is 0.500. The van der Waals surface area contributed by atoms with E-state index in [1.807, 2.05) is 18.2 Å². The maximum absolute atomic E-state index is 12.5. The first-order chi connectivity index (χ1) is 14.8. The van der Waals surface area contributed by atoms with E-state index in [0.29, 0.717) is 15.0 Å². The van der Waals surface area contributed by atoms with Gasteiger partial charge in [0.05, 0.1) is 0 Å². The summed E-state index contributed by atoms with van der Waals surface area (Å²) in [6.07, 6.45) is 11.1. The van der Waals surface area contributed by atoms with Crippen LogP contribution >= 0.6 is 0 Å². The minimum atomic E-state index is -0.907. The molecule has 1 unspecified atom stereocenters. The Morgan fingerprint density at radius 1 is 0.867 bits per heavy atom. The molecule has 0 aliphatic rings. The second kappa shape index (κ2) is 16.9. The van der Waals surface area contributed by atoms with Crippen LogP contribution in [0.15, 0.2) is 60.7 Å². The van der Waals surface area contributed by atoms with Gasteiger partial charge in [-0.05, 0) is 0 Å². The first kappa shape index (κ1) is 25.5. The maximum atomic E-state index is 12.5. The Balaban J connectivity index is 1.70. The van der Waals surface area contributed by atoms with Gasteiger partial charge in [0.1, 0.15) is 0 Å². The average Bonchev–Trinajstić information content (AvgIpc) is 2.77. The van der Waals surface area contributed by atoms with Crippen LogP contribution in [0.3, 0.4) is 0 Å². The number of unbranched alkanes of at least 4 members (excludes halogenated alkanes) is 5. The first-order valence-electron chi connectivity index (χ1n) is 11.3. The summed E-state index contributed by atoms with van der Waals surface area (Å²) in [6, 6.07) is 20.9. The fourth-order valence-corrected chi connectivity index (χ4v) is 7.23. The van der Waals surface area contributed by atoms with Crippen molar-refractivity contribution in [1.82, 2.24) is 0 Å². The molecular weight excluding hydrogens is 551 g/mol. The van der Waals surface area contributed by atoms with Gasteiger partial charge in [-0.3, -0.25) is 0 Å². The molecule has 0 radical (unpaired) electrons. The van der Waals surface area contributed by atoms with Gasteiger partial charge in [0.25, 0.3) is 0 Å². The third-order valence-corrected chi connectivity index (χ3v) is 9.55. The number of carbonyl (C=O) groups is 1. The molecule has 2 aromatic carbocycles. The molecule has 0 aromatic heterocycles. The number of ether oxygens (including phenoxy) is 1. The second-order valence-corrected chi connectivity index (χ2v) is 12.8. The van der Waals surface area contributed by atoms with Gasteiger partial charge in [0, 0.05) is 0 Å². The standard InChI is InChI=1S/C26H36O2SeTe/c1-2-3-4-5-6-11-17-24(28-26(27)30-25-19-12-8-13-20-25)18-14-21-29-22-23-15-9-7-10-16-23/h7-10,12-13,15-16,19-20,24H,2-6,11,14,17-18,21-22H2,1H3. The normalized spacial score (nSPS) is 11.9. The second-order valence-electron chi connectivity index (χ2n) is 7.64. The molecule has 30 heavy (non-hydrogen) atoms. The third kappa shape index (κ3) is 12.2. The van der Waals surface area contributed by atoms with Crippen molar-refractivity contribution in [2.45, 2.75) is 81.5 Å². The summed E-state index contributed by atoms with van der Waals surface area (Å²) in [5.41, 5.74) is 1.45. The zero-order valence-electron chi connectivity index (χ0n) is 18.3. The fourth-order valence-electron chi connectivity index (χ4n) is 3.34. The van der Waals surface area contributed by atoms with Crippen LogP contribution in [0.25, 0.3) is 0 Å². The van der Waals surface area contributed by atoms with Crippen molar-refractivity contribution in [1.29, 1.82) is 0 Å². The molecule has 164 valence electrons. The van der Waals surface area contributed by atoms with E-state index in [1.54, 1.807) is 0 Å². The van der Waals surface area contributed by atoms with E-state index in [1.165, 1.54) is 61.1 Å². The van der Waals surface area contributed by atoms with Gasteiger partial charge in [-0.2, -0.15) is 0 Å². The van der Waals surface area contributed by atoms with E-state index >= 15 is 0 Å². The van der Waals surface area contributed by atoms with Crippen molar-refractivity contribution in [3.63, 3.8) is 0 Å². The molecule has 0 aliphatic carbocycles. The molecule has 4 heteroatoms. The van der Waals surface area contributed by atoms with Crippen LogP contribution in [-0.4, -0.2) is 46.0 Å².